The molecule has 2 heterocycles. The molecule has 0 bridgehead atoms. The highest BCUT2D eigenvalue weighted by atomic mass is 28.4. The highest BCUT2D eigenvalue weighted by Gasteiger charge is 2.54. The van der Waals surface area contributed by atoms with Gasteiger partial charge in [0.2, 0.25) is 0 Å². The number of aliphatic hydroxyl groups excluding tert-OH is 2. The summed E-state index contributed by atoms with van der Waals surface area (Å²) in [7, 11) is -2.75. The van der Waals surface area contributed by atoms with Gasteiger partial charge in [-0.2, -0.15) is 0 Å². The summed E-state index contributed by atoms with van der Waals surface area (Å²) in [6.07, 6.45) is 1.36. The minimum absolute atomic E-state index is 0.173. The fraction of sp³-hybridized carbons (Fsp3) is 0.370. The summed E-state index contributed by atoms with van der Waals surface area (Å²) in [5, 5.41) is 23.7. The highest BCUT2D eigenvalue weighted by molar-refractivity contribution is 6.99. The molecule has 0 saturated heterocycles. The van der Waals surface area contributed by atoms with Crippen LogP contribution in [0.25, 0.3) is 11.2 Å². The number of aliphatic hydroxyl groups is 2. The first-order valence-electron chi connectivity index (χ1n) is 12.3. The predicted molar refractivity (Wildman–Crippen MR) is 142 cm³/mol. The maximum absolute atomic E-state index is 10.8. The van der Waals surface area contributed by atoms with Crippen molar-refractivity contribution in [2.24, 2.45) is 11.8 Å². The lowest BCUT2D eigenvalue weighted by molar-refractivity contribution is -0.169. The van der Waals surface area contributed by atoms with Crippen molar-refractivity contribution in [1.29, 1.82) is 0 Å². The van der Waals surface area contributed by atoms with Gasteiger partial charge in [-0.25, -0.2) is 15.0 Å². The molecular formula is C27H33N5O3Si. The number of anilines is 1. The summed E-state index contributed by atoms with van der Waals surface area (Å²) in [4.78, 5) is 12.7. The number of hydrogen-bond donors (Lipinski definition) is 3. The number of nitrogen functional groups attached to an aromatic ring is 1. The molecule has 5 rings (SSSR count). The van der Waals surface area contributed by atoms with Crippen molar-refractivity contribution in [3.63, 3.8) is 0 Å². The Morgan fingerprint density at radius 2 is 1.47 bits per heavy atom. The Morgan fingerprint density at radius 1 is 0.889 bits per heavy atom. The summed E-state index contributed by atoms with van der Waals surface area (Å²) in [6.45, 7) is 7.46. The van der Waals surface area contributed by atoms with Crippen LogP contribution in [-0.4, -0.2) is 56.9 Å². The SMILES string of the molecule is CC(C)(C)[Si](OC[C@@H]1[C@@H](O)[C@@H](O)[C@@H]1Cn1cnc2c(N)ncnc21)(c1ccccc1)c1ccccc1. The second-order valence-electron chi connectivity index (χ2n) is 10.6. The van der Waals surface area contributed by atoms with E-state index in [-0.39, 0.29) is 16.9 Å². The van der Waals surface area contributed by atoms with Crippen molar-refractivity contribution >= 4 is 35.7 Å². The van der Waals surface area contributed by atoms with Gasteiger partial charge in [0.05, 0.1) is 18.5 Å². The maximum atomic E-state index is 10.8. The molecule has 4 N–H and O–H groups in total. The first kappa shape index (κ1) is 24.6. The summed E-state index contributed by atoms with van der Waals surface area (Å²) in [6, 6.07) is 20.8. The van der Waals surface area contributed by atoms with Crippen molar-refractivity contribution in [3.05, 3.63) is 73.3 Å². The van der Waals surface area contributed by atoms with E-state index in [0.717, 1.165) is 0 Å². The number of rotatable bonds is 7. The van der Waals surface area contributed by atoms with Crippen LogP contribution in [0.3, 0.4) is 0 Å². The van der Waals surface area contributed by atoms with E-state index in [1.807, 2.05) is 16.7 Å². The highest BCUT2D eigenvalue weighted by Crippen LogP contribution is 2.41. The molecule has 1 fully saturated rings. The number of hydrogen-bond acceptors (Lipinski definition) is 7. The molecule has 2 aromatic heterocycles. The first-order valence-corrected chi connectivity index (χ1v) is 14.2. The lowest BCUT2D eigenvalue weighted by atomic mass is 9.68. The normalized spacial score (nSPS) is 22.5. The van der Waals surface area contributed by atoms with Gasteiger partial charge in [-0.3, -0.25) is 0 Å². The molecule has 1 saturated carbocycles. The van der Waals surface area contributed by atoms with Gasteiger partial charge < -0.3 is 24.9 Å². The van der Waals surface area contributed by atoms with Crippen molar-refractivity contribution < 1.29 is 14.6 Å². The maximum Gasteiger partial charge on any atom is 0.261 e. The Labute approximate surface area is 211 Å². The Bertz CT molecular complexity index is 1290. The van der Waals surface area contributed by atoms with Crippen LogP contribution in [0.5, 0.6) is 0 Å². The standard InChI is InChI=1S/C27H33N5O3Si/c1-27(2,3)36(18-10-6-4-7-11-18,19-12-8-5-9-13-19)35-15-21-20(23(33)24(21)34)14-32-17-31-22-25(28)29-16-30-26(22)32/h4-13,16-17,20-21,23-24,33-34H,14-15H2,1-3H3,(H2,28,29,30)/t20-,21+,23+,24-/m1/s1. The van der Waals surface area contributed by atoms with E-state index >= 15 is 0 Å². The number of nitrogens with two attached hydrogens (primary N) is 1. The summed E-state index contributed by atoms with van der Waals surface area (Å²) in [5.41, 5.74) is 7.09. The van der Waals surface area contributed by atoms with Crippen LogP contribution < -0.4 is 16.1 Å². The van der Waals surface area contributed by atoms with E-state index in [1.54, 1.807) is 6.33 Å². The first-order chi connectivity index (χ1) is 17.2. The van der Waals surface area contributed by atoms with Gasteiger partial charge in [-0.05, 0) is 15.4 Å². The summed E-state index contributed by atoms with van der Waals surface area (Å²) < 4.78 is 8.91. The van der Waals surface area contributed by atoms with E-state index in [1.165, 1.54) is 16.7 Å². The zero-order valence-electron chi connectivity index (χ0n) is 20.8. The van der Waals surface area contributed by atoms with Crippen molar-refractivity contribution in [3.8, 4) is 0 Å². The molecule has 9 heteroatoms. The Morgan fingerprint density at radius 3 is 2.06 bits per heavy atom. The number of imidazole rings is 1. The molecule has 36 heavy (non-hydrogen) atoms. The van der Waals surface area contributed by atoms with E-state index < -0.39 is 20.5 Å². The van der Waals surface area contributed by atoms with Crippen LogP contribution in [0.4, 0.5) is 5.82 Å². The molecule has 0 spiro atoms. The second-order valence-corrected chi connectivity index (χ2v) is 14.9. The van der Waals surface area contributed by atoms with Gasteiger partial charge in [0.1, 0.15) is 11.8 Å². The van der Waals surface area contributed by atoms with Crippen LogP contribution >= 0.6 is 0 Å². The number of nitrogens with zero attached hydrogens (tertiary/aromatic N) is 4. The third-order valence-corrected chi connectivity index (χ3v) is 12.5. The average Bonchev–Trinajstić information content (AvgIpc) is 3.30. The van der Waals surface area contributed by atoms with E-state index in [2.05, 4.69) is 84.3 Å². The minimum atomic E-state index is -2.75. The molecule has 0 aliphatic heterocycles. The lowest BCUT2D eigenvalue weighted by Crippen LogP contribution is -2.68. The van der Waals surface area contributed by atoms with Gasteiger partial charge in [0.15, 0.2) is 11.5 Å². The molecule has 0 unspecified atom stereocenters. The molecule has 0 radical (unpaired) electrons. The zero-order chi connectivity index (χ0) is 25.5. The average molecular weight is 504 g/mol. The number of fused-ring (bicyclic) bond motifs is 1. The molecule has 4 atom stereocenters. The van der Waals surface area contributed by atoms with Gasteiger partial charge in [0, 0.05) is 25.0 Å². The molecule has 188 valence electrons. The topological polar surface area (TPSA) is 119 Å². The van der Waals surface area contributed by atoms with Crippen LogP contribution in [0.1, 0.15) is 20.8 Å². The van der Waals surface area contributed by atoms with E-state index in [4.69, 9.17) is 10.2 Å². The van der Waals surface area contributed by atoms with Gasteiger partial charge in [-0.15, -0.1) is 0 Å². The molecule has 2 aromatic carbocycles. The lowest BCUT2D eigenvalue weighted by Gasteiger charge is -2.49. The van der Waals surface area contributed by atoms with E-state index in [0.29, 0.717) is 30.1 Å². The van der Waals surface area contributed by atoms with Crippen molar-refractivity contribution in [2.75, 3.05) is 12.3 Å². The van der Waals surface area contributed by atoms with Gasteiger partial charge in [0.25, 0.3) is 8.32 Å². The number of aromatic nitrogens is 4. The van der Waals surface area contributed by atoms with Gasteiger partial charge >= 0.3 is 0 Å². The molecule has 4 aromatic rings. The molecule has 8 nitrogen and oxygen atoms in total. The fourth-order valence-corrected chi connectivity index (χ4v) is 10.2. The third kappa shape index (κ3) is 4.02. The van der Waals surface area contributed by atoms with Gasteiger partial charge in [-0.1, -0.05) is 81.4 Å². The third-order valence-electron chi connectivity index (χ3n) is 7.52. The van der Waals surface area contributed by atoms with Crippen molar-refractivity contribution in [1.82, 2.24) is 19.5 Å². The Kier molecular flexibility index (Phi) is 6.42. The number of benzene rings is 2. The predicted octanol–water partition coefficient (Wildman–Crippen LogP) is 1.95. The quantitative estimate of drug-likeness (QED) is 0.330. The Balaban J connectivity index is 1.46. The molecule has 1 aliphatic rings. The van der Waals surface area contributed by atoms with Crippen molar-refractivity contribution in [2.45, 2.75) is 44.6 Å². The van der Waals surface area contributed by atoms with E-state index in [9.17, 15) is 10.2 Å². The summed E-state index contributed by atoms with van der Waals surface area (Å²) in [5.74, 6) is -0.135. The fourth-order valence-electron chi connectivity index (χ4n) is 5.58. The van der Waals surface area contributed by atoms with Crippen LogP contribution in [-0.2, 0) is 11.0 Å². The minimum Gasteiger partial charge on any atom is -0.407 e. The second kappa shape index (κ2) is 9.40. The molecule has 0 amide bonds. The Hall–Kier alpha value is -3.11. The van der Waals surface area contributed by atoms with Crippen LogP contribution in [0, 0.1) is 11.8 Å². The van der Waals surface area contributed by atoms with Crippen LogP contribution in [0.2, 0.25) is 5.04 Å². The monoisotopic (exact) mass is 503 g/mol. The molecule has 1 aliphatic carbocycles. The molecular weight excluding hydrogens is 470 g/mol. The largest absolute Gasteiger partial charge is 0.407 e. The van der Waals surface area contributed by atoms with Crippen LogP contribution in [0.15, 0.2) is 73.3 Å². The smallest absolute Gasteiger partial charge is 0.261 e. The summed E-state index contributed by atoms with van der Waals surface area (Å²) >= 11 is 0. The zero-order valence-corrected chi connectivity index (χ0v) is 21.8.